The van der Waals surface area contributed by atoms with Crippen molar-refractivity contribution in [1.82, 2.24) is 4.90 Å². The molecule has 3 rings (SSSR count). The van der Waals surface area contributed by atoms with Gasteiger partial charge in [0.15, 0.2) is 11.5 Å². The van der Waals surface area contributed by atoms with E-state index in [1.165, 1.54) is 0 Å². The molecule has 20 heavy (non-hydrogen) atoms. The number of amides is 2. The summed E-state index contributed by atoms with van der Waals surface area (Å²) in [4.78, 5) is 25.1. The zero-order valence-corrected chi connectivity index (χ0v) is 11.1. The number of benzene rings is 1. The van der Waals surface area contributed by atoms with Crippen molar-refractivity contribution in [2.75, 3.05) is 13.3 Å². The summed E-state index contributed by atoms with van der Waals surface area (Å²) in [7, 11) is 0. The molecule has 2 aliphatic heterocycles. The molecule has 1 fully saturated rings. The minimum absolute atomic E-state index is 0.0108. The predicted molar refractivity (Wildman–Crippen MR) is 74.1 cm³/mol. The Kier molecular flexibility index (Phi) is 3.12. The quantitative estimate of drug-likeness (QED) is 0.616. The second kappa shape index (κ2) is 4.94. The van der Waals surface area contributed by atoms with Crippen molar-refractivity contribution in [3.8, 4) is 23.8 Å². The molecule has 0 spiro atoms. The molecule has 1 aromatic rings. The zero-order valence-electron chi connectivity index (χ0n) is 10.3. The van der Waals surface area contributed by atoms with E-state index >= 15 is 0 Å². The minimum Gasteiger partial charge on any atom is -0.454 e. The molecule has 0 N–H and O–H groups in total. The molecule has 2 heterocycles. The van der Waals surface area contributed by atoms with Crippen molar-refractivity contribution in [1.29, 1.82) is 0 Å². The Balaban J connectivity index is 1.88. The summed E-state index contributed by atoms with van der Waals surface area (Å²) in [5, 5.41) is -0.347. The maximum atomic E-state index is 12.0. The number of imide groups is 1. The van der Waals surface area contributed by atoms with Crippen LogP contribution in [0.3, 0.4) is 0 Å². The van der Waals surface area contributed by atoms with Gasteiger partial charge in [-0.25, -0.2) is 0 Å². The van der Waals surface area contributed by atoms with Crippen LogP contribution >= 0.6 is 11.8 Å². The highest BCUT2D eigenvalue weighted by Crippen LogP contribution is 2.36. The average molecular weight is 287 g/mol. The van der Waals surface area contributed by atoms with Crippen LogP contribution in [0.1, 0.15) is 5.56 Å². The van der Waals surface area contributed by atoms with Crippen molar-refractivity contribution in [2.24, 2.45) is 0 Å². The number of hydrogen-bond donors (Lipinski definition) is 0. The monoisotopic (exact) mass is 287 g/mol. The first-order valence-electron chi connectivity index (χ1n) is 5.77. The van der Waals surface area contributed by atoms with E-state index < -0.39 is 0 Å². The normalized spacial score (nSPS) is 18.8. The lowest BCUT2D eigenvalue weighted by molar-refractivity contribution is -0.122. The van der Waals surface area contributed by atoms with E-state index in [4.69, 9.17) is 15.9 Å². The van der Waals surface area contributed by atoms with Crippen molar-refractivity contribution in [2.45, 2.75) is 0 Å². The molecule has 2 amide bonds. The summed E-state index contributed by atoms with van der Waals surface area (Å²) in [6.45, 7) is 0.181. The summed E-state index contributed by atoms with van der Waals surface area (Å²) in [5.41, 5.74) is 0.764. The molecule has 5 nitrogen and oxygen atoms in total. The Morgan fingerprint density at radius 2 is 2.15 bits per heavy atom. The highest BCUT2D eigenvalue weighted by molar-refractivity contribution is 8.18. The lowest BCUT2D eigenvalue weighted by atomic mass is 10.2. The number of ether oxygens (including phenoxy) is 2. The first-order valence-corrected chi connectivity index (χ1v) is 6.59. The van der Waals surface area contributed by atoms with Crippen LogP contribution in [0.25, 0.3) is 6.08 Å². The standard InChI is InChI=1S/C14H9NO4S/c1-2-5-15-13(16)12(20-14(15)17)7-9-3-4-10-11(6-9)19-8-18-10/h1,3-4,6-7H,5,8H2/b12-7-. The fourth-order valence-corrected chi connectivity index (χ4v) is 2.72. The van der Waals surface area contributed by atoms with E-state index in [9.17, 15) is 9.59 Å². The van der Waals surface area contributed by atoms with Gasteiger partial charge in [-0.2, -0.15) is 0 Å². The summed E-state index contributed by atoms with van der Waals surface area (Å²) < 4.78 is 10.5. The van der Waals surface area contributed by atoms with Crippen LogP contribution in [0.4, 0.5) is 4.79 Å². The Morgan fingerprint density at radius 1 is 1.35 bits per heavy atom. The summed E-state index contributed by atoms with van der Waals surface area (Å²) in [5.74, 6) is 3.23. The number of carbonyl (C=O) groups excluding carboxylic acids is 2. The predicted octanol–water partition coefficient (Wildman–Crippen LogP) is 2.08. The van der Waals surface area contributed by atoms with Gasteiger partial charge >= 0.3 is 0 Å². The third kappa shape index (κ3) is 2.12. The molecule has 0 unspecified atom stereocenters. The van der Waals surface area contributed by atoms with Gasteiger partial charge in [-0.3, -0.25) is 14.5 Å². The number of hydrogen-bond acceptors (Lipinski definition) is 5. The molecule has 1 saturated heterocycles. The van der Waals surface area contributed by atoms with Gasteiger partial charge in [0.05, 0.1) is 11.4 Å². The minimum atomic E-state index is -0.365. The summed E-state index contributed by atoms with van der Waals surface area (Å²) in [6, 6.07) is 5.32. The van der Waals surface area contributed by atoms with Gasteiger partial charge in [0.1, 0.15) is 0 Å². The first kappa shape index (κ1) is 12.6. The Morgan fingerprint density at radius 3 is 2.95 bits per heavy atom. The van der Waals surface area contributed by atoms with Crippen molar-refractivity contribution in [3.05, 3.63) is 28.7 Å². The second-order valence-corrected chi connectivity index (χ2v) is 5.08. The molecular formula is C14H9NO4S. The molecular weight excluding hydrogens is 278 g/mol. The fourth-order valence-electron chi connectivity index (χ4n) is 1.88. The number of carbonyl (C=O) groups is 2. The van der Waals surface area contributed by atoms with Crippen molar-refractivity contribution < 1.29 is 19.1 Å². The van der Waals surface area contributed by atoms with Crippen LogP contribution in [0, 0.1) is 12.3 Å². The van der Waals surface area contributed by atoms with E-state index in [1.807, 2.05) is 0 Å². The van der Waals surface area contributed by atoms with Gasteiger partial charge in [-0.05, 0) is 35.5 Å². The van der Waals surface area contributed by atoms with Crippen LogP contribution in [0.15, 0.2) is 23.1 Å². The van der Waals surface area contributed by atoms with Gasteiger partial charge in [-0.1, -0.05) is 12.0 Å². The topological polar surface area (TPSA) is 55.8 Å². The van der Waals surface area contributed by atoms with Crippen LogP contribution in [-0.2, 0) is 4.79 Å². The Labute approximate surface area is 119 Å². The van der Waals surface area contributed by atoms with Gasteiger partial charge in [0.25, 0.3) is 11.1 Å². The molecule has 0 radical (unpaired) electrons. The molecule has 6 heteroatoms. The first-order chi connectivity index (χ1) is 9.69. The SMILES string of the molecule is C#CCN1C(=O)S/C(=C\c2ccc3c(c2)OCO3)C1=O. The van der Waals surface area contributed by atoms with E-state index in [2.05, 4.69) is 5.92 Å². The molecule has 0 saturated carbocycles. The highest BCUT2D eigenvalue weighted by atomic mass is 32.2. The molecule has 2 aliphatic rings. The Bertz CT molecular complexity index is 674. The number of thioether (sulfide) groups is 1. The number of fused-ring (bicyclic) bond motifs is 1. The van der Waals surface area contributed by atoms with Crippen LogP contribution in [0.2, 0.25) is 0 Å². The maximum absolute atomic E-state index is 12.0. The van der Waals surface area contributed by atoms with Gasteiger partial charge in [0, 0.05) is 0 Å². The smallest absolute Gasteiger partial charge is 0.294 e. The highest BCUT2D eigenvalue weighted by Gasteiger charge is 2.34. The molecule has 0 bridgehead atoms. The van der Waals surface area contributed by atoms with Crippen molar-refractivity contribution >= 4 is 29.0 Å². The van der Waals surface area contributed by atoms with E-state index in [0.29, 0.717) is 16.4 Å². The van der Waals surface area contributed by atoms with Crippen LogP contribution in [-0.4, -0.2) is 29.4 Å². The molecule has 100 valence electrons. The largest absolute Gasteiger partial charge is 0.454 e. The molecule has 0 aromatic heterocycles. The third-order valence-electron chi connectivity index (χ3n) is 2.82. The number of terminal acetylenes is 1. The third-order valence-corrected chi connectivity index (χ3v) is 3.72. The molecule has 0 aliphatic carbocycles. The van der Waals surface area contributed by atoms with E-state index in [0.717, 1.165) is 22.2 Å². The summed E-state index contributed by atoms with van der Waals surface area (Å²) >= 11 is 0.881. The van der Waals surface area contributed by atoms with E-state index in [1.54, 1.807) is 24.3 Å². The maximum Gasteiger partial charge on any atom is 0.294 e. The average Bonchev–Trinajstić information content (AvgIpc) is 2.99. The lowest BCUT2D eigenvalue weighted by Gasteiger charge is -2.06. The number of nitrogens with zero attached hydrogens (tertiary/aromatic N) is 1. The summed E-state index contributed by atoms with van der Waals surface area (Å²) in [6.07, 6.45) is 6.78. The Hall–Kier alpha value is -2.39. The van der Waals surface area contributed by atoms with Crippen LogP contribution < -0.4 is 9.47 Å². The molecule has 0 atom stereocenters. The molecule has 1 aromatic carbocycles. The number of rotatable bonds is 2. The van der Waals surface area contributed by atoms with Gasteiger partial charge < -0.3 is 9.47 Å². The van der Waals surface area contributed by atoms with Gasteiger partial charge in [-0.15, -0.1) is 6.42 Å². The van der Waals surface area contributed by atoms with Crippen molar-refractivity contribution in [3.63, 3.8) is 0 Å². The zero-order chi connectivity index (χ0) is 14.1. The van der Waals surface area contributed by atoms with E-state index in [-0.39, 0.29) is 24.5 Å². The lowest BCUT2D eigenvalue weighted by Crippen LogP contribution is -2.28. The van der Waals surface area contributed by atoms with Gasteiger partial charge in [0.2, 0.25) is 6.79 Å². The van der Waals surface area contributed by atoms with Crippen LogP contribution in [0.5, 0.6) is 11.5 Å². The fraction of sp³-hybridized carbons (Fsp3) is 0.143. The second-order valence-electron chi connectivity index (χ2n) is 4.08.